The number of hydrogen-bond donors (Lipinski definition) is 2. The van der Waals surface area contributed by atoms with E-state index in [9.17, 15) is 4.79 Å². The van der Waals surface area contributed by atoms with Gasteiger partial charge in [-0.3, -0.25) is 4.79 Å². The van der Waals surface area contributed by atoms with Crippen molar-refractivity contribution in [1.29, 1.82) is 0 Å². The summed E-state index contributed by atoms with van der Waals surface area (Å²) in [6.45, 7) is 3.34. The van der Waals surface area contributed by atoms with Gasteiger partial charge < -0.3 is 10.4 Å². The highest BCUT2D eigenvalue weighted by Gasteiger charge is 2.00. The van der Waals surface area contributed by atoms with Crippen LogP contribution in [-0.4, -0.2) is 17.2 Å². The molecule has 0 spiro atoms. The first-order valence-electron chi connectivity index (χ1n) is 3.12. The van der Waals surface area contributed by atoms with Gasteiger partial charge in [-0.25, -0.2) is 0 Å². The van der Waals surface area contributed by atoms with Crippen molar-refractivity contribution >= 4 is 5.91 Å². The third-order valence-corrected chi connectivity index (χ3v) is 0.932. The van der Waals surface area contributed by atoms with Crippen molar-refractivity contribution in [1.82, 2.24) is 5.32 Å². The highest BCUT2D eigenvalue weighted by Crippen LogP contribution is 1.90. The fraction of sp³-hybridized carbons (Fsp3) is 0.833. The average molecular weight is 131 g/mol. The van der Waals surface area contributed by atoms with E-state index in [2.05, 4.69) is 5.32 Å². The number of aliphatic hydroxyl groups excluding tert-OH is 1. The number of amides is 1. The molecular weight excluding hydrogens is 118 g/mol. The Morgan fingerprint density at radius 2 is 2.33 bits per heavy atom. The molecule has 3 heteroatoms. The maximum absolute atomic E-state index is 10.3. The zero-order valence-corrected chi connectivity index (χ0v) is 5.85. The quantitative estimate of drug-likeness (QED) is 0.539. The largest absolute Gasteiger partial charge is 0.374 e. The van der Waals surface area contributed by atoms with Crippen molar-refractivity contribution in [3.63, 3.8) is 0 Å². The fourth-order valence-electron chi connectivity index (χ4n) is 0.580. The molecule has 0 aromatic rings. The lowest BCUT2D eigenvalue weighted by Gasteiger charge is -2.08. The van der Waals surface area contributed by atoms with Crippen LogP contribution in [0, 0.1) is 0 Å². The lowest BCUT2D eigenvalue weighted by atomic mass is 10.3. The summed E-state index contributed by atoms with van der Waals surface area (Å²) in [5, 5.41) is 11.2. The predicted octanol–water partition coefficient (Wildman–Crippen LogP) is 0.241. The second-order valence-corrected chi connectivity index (χ2v) is 2.00. The van der Waals surface area contributed by atoms with E-state index >= 15 is 0 Å². The lowest BCUT2D eigenvalue weighted by molar-refractivity contribution is -0.121. The number of aliphatic hydroxyl groups is 1. The minimum absolute atomic E-state index is 0.184. The van der Waals surface area contributed by atoms with Crippen LogP contribution in [-0.2, 0) is 4.79 Å². The molecule has 54 valence electrons. The van der Waals surface area contributed by atoms with Crippen molar-refractivity contribution in [2.75, 3.05) is 0 Å². The predicted molar refractivity (Wildman–Crippen MR) is 34.7 cm³/mol. The Morgan fingerprint density at radius 3 is 2.67 bits per heavy atom. The summed E-state index contributed by atoms with van der Waals surface area (Å²) in [6.07, 6.45) is 0.841. The molecule has 3 nitrogen and oxygen atoms in total. The molecule has 0 aliphatic rings. The van der Waals surface area contributed by atoms with E-state index in [1.165, 1.54) is 6.92 Å². The second kappa shape index (κ2) is 4.32. The topological polar surface area (TPSA) is 49.3 Å². The molecule has 0 rings (SSSR count). The van der Waals surface area contributed by atoms with Crippen LogP contribution >= 0.6 is 0 Å². The van der Waals surface area contributed by atoms with Gasteiger partial charge in [0.25, 0.3) is 0 Å². The van der Waals surface area contributed by atoms with Crippen LogP contribution in [0.4, 0.5) is 0 Å². The molecule has 9 heavy (non-hydrogen) atoms. The number of rotatable bonds is 3. The van der Waals surface area contributed by atoms with E-state index in [-0.39, 0.29) is 5.91 Å². The molecule has 2 N–H and O–H groups in total. The van der Waals surface area contributed by atoms with Crippen LogP contribution in [0.3, 0.4) is 0 Å². The summed E-state index contributed by atoms with van der Waals surface area (Å²) in [4.78, 5) is 10.3. The van der Waals surface area contributed by atoms with Crippen molar-refractivity contribution < 1.29 is 9.90 Å². The summed E-state index contributed by atoms with van der Waals surface area (Å²) < 4.78 is 0. The van der Waals surface area contributed by atoms with Gasteiger partial charge in [0.2, 0.25) is 5.91 Å². The molecule has 0 heterocycles. The lowest BCUT2D eigenvalue weighted by Crippen LogP contribution is -2.32. The Labute approximate surface area is 55.1 Å². The van der Waals surface area contributed by atoms with Gasteiger partial charge >= 0.3 is 0 Å². The molecule has 1 unspecified atom stereocenters. The summed E-state index contributed by atoms with van der Waals surface area (Å²) in [5.74, 6) is -0.184. The molecule has 0 saturated heterocycles. The number of carbonyl (C=O) groups excluding carboxylic acids is 1. The molecule has 0 fully saturated rings. The molecule has 1 amide bonds. The van der Waals surface area contributed by atoms with Crippen LogP contribution in [0.2, 0.25) is 0 Å². The van der Waals surface area contributed by atoms with Crippen LogP contribution in [0.5, 0.6) is 0 Å². The van der Waals surface area contributed by atoms with E-state index in [1.54, 1.807) is 0 Å². The maximum Gasteiger partial charge on any atom is 0.218 e. The highest BCUT2D eigenvalue weighted by molar-refractivity contribution is 5.72. The van der Waals surface area contributed by atoms with Gasteiger partial charge in [-0.05, 0) is 6.42 Å². The van der Waals surface area contributed by atoms with Gasteiger partial charge in [0.15, 0.2) is 0 Å². The molecule has 0 saturated carbocycles. The van der Waals surface area contributed by atoms with E-state index in [4.69, 9.17) is 5.11 Å². The minimum atomic E-state index is -0.660. The first-order chi connectivity index (χ1) is 4.16. The molecule has 0 radical (unpaired) electrons. The smallest absolute Gasteiger partial charge is 0.218 e. The Balaban J connectivity index is 3.26. The first-order valence-corrected chi connectivity index (χ1v) is 3.12. The molecule has 0 aromatic heterocycles. The van der Waals surface area contributed by atoms with Gasteiger partial charge in [-0.2, -0.15) is 0 Å². The SMILES string of the molecule is CCCC(O)NC(C)=O. The Kier molecular flexibility index (Phi) is 4.05. The van der Waals surface area contributed by atoms with Gasteiger partial charge in [0, 0.05) is 6.92 Å². The molecule has 0 bridgehead atoms. The summed E-state index contributed by atoms with van der Waals surface area (Å²) in [6, 6.07) is 0. The standard InChI is InChI=1S/C6H13NO2/c1-3-4-6(9)7-5(2)8/h6,9H,3-4H2,1-2H3,(H,7,8). The summed E-state index contributed by atoms with van der Waals surface area (Å²) >= 11 is 0. The normalized spacial score (nSPS) is 12.8. The van der Waals surface area contributed by atoms with Crippen molar-refractivity contribution in [3.8, 4) is 0 Å². The van der Waals surface area contributed by atoms with E-state index in [1.807, 2.05) is 6.92 Å². The van der Waals surface area contributed by atoms with Crippen LogP contribution in [0.15, 0.2) is 0 Å². The zero-order chi connectivity index (χ0) is 7.28. The van der Waals surface area contributed by atoms with E-state index < -0.39 is 6.23 Å². The van der Waals surface area contributed by atoms with Gasteiger partial charge in [0.1, 0.15) is 6.23 Å². The van der Waals surface area contributed by atoms with E-state index in [0.717, 1.165) is 6.42 Å². The van der Waals surface area contributed by atoms with Crippen LogP contribution in [0.25, 0.3) is 0 Å². The minimum Gasteiger partial charge on any atom is -0.374 e. The van der Waals surface area contributed by atoms with Gasteiger partial charge in [-0.1, -0.05) is 13.3 Å². The summed E-state index contributed by atoms with van der Waals surface area (Å²) in [5.41, 5.74) is 0. The van der Waals surface area contributed by atoms with Crippen LogP contribution in [0.1, 0.15) is 26.7 Å². The fourth-order valence-corrected chi connectivity index (χ4v) is 0.580. The average Bonchev–Trinajstić information content (AvgIpc) is 1.63. The van der Waals surface area contributed by atoms with Crippen molar-refractivity contribution in [2.45, 2.75) is 32.9 Å². The zero-order valence-electron chi connectivity index (χ0n) is 5.85. The highest BCUT2D eigenvalue weighted by atomic mass is 16.3. The van der Waals surface area contributed by atoms with Crippen molar-refractivity contribution in [3.05, 3.63) is 0 Å². The maximum atomic E-state index is 10.3. The third-order valence-electron chi connectivity index (χ3n) is 0.932. The molecule has 1 atom stereocenters. The van der Waals surface area contributed by atoms with Crippen LogP contribution < -0.4 is 5.32 Å². The molecule has 0 aliphatic heterocycles. The van der Waals surface area contributed by atoms with Gasteiger partial charge in [0.05, 0.1) is 0 Å². The monoisotopic (exact) mass is 131 g/mol. The Morgan fingerprint density at radius 1 is 1.78 bits per heavy atom. The number of nitrogens with one attached hydrogen (secondary N) is 1. The Bertz CT molecular complexity index is 93.1. The molecular formula is C6H13NO2. The number of carbonyl (C=O) groups is 1. The van der Waals surface area contributed by atoms with E-state index in [0.29, 0.717) is 6.42 Å². The van der Waals surface area contributed by atoms with Crippen molar-refractivity contribution in [2.24, 2.45) is 0 Å². The molecule has 0 aromatic carbocycles. The van der Waals surface area contributed by atoms with Gasteiger partial charge in [-0.15, -0.1) is 0 Å². The summed E-state index contributed by atoms with van der Waals surface area (Å²) in [7, 11) is 0. The Hall–Kier alpha value is -0.570. The molecule has 0 aliphatic carbocycles. The first kappa shape index (κ1) is 8.43. The second-order valence-electron chi connectivity index (χ2n) is 2.00. The number of hydrogen-bond acceptors (Lipinski definition) is 2. The third kappa shape index (κ3) is 5.30.